The second kappa shape index (κ2) is 7.14. The van der Waals surface area contributed by atoms with E-state index in [4.69, 9.17) is 5.73 Å². The normalized spacial score (nSPS) is 17.6. The lowest BCUT2D eigenvalue weighted by atomic mass is 9.93. The number of halogens is 2. The molecule has 0 spiro atoms. The van der Waals surface area contributed by atoms with Crippen LogP contribution in [-0.4, -0.2) is 30.6 Å². The number of benzene rings is 1. The molecule has 1 aliphatic rings. The van der Waals surface area contributed by atoms with Crippen molar-refractivity contribution in [2.45, 2.75) is 44.1 Å². The zero-order chi connectivity index (χ0) is 14.4. The van der Waals surface area contributed by atoms with E-state index >= 15 is 0 Å². The van der Waals surface area contributed by atoms with E-state index < -0.39 is 5.92 Å². The zero-order valence-corrected chi connectivity index (χ0v) is 11.9. The first-order valence-electron chi connectivity index (χ1n) is 7.51. The molecular formula is C16H24F2N2. The Morgan fingerprint density at radius 2 is 1.75 bits per heavy atom. The average molecular weight is 282 g/mol. The molecule has 1 aliphatic carbocycles. The molecule has 0 aliphatic heterocycles. The van der Waals surface area contributed by atoms with E-state index in [2.05, 4.69) is 0 Å². The van der Waals surface area contributed by atoms with Gasteiger partial charge in [0.25, 0.3) is 5.92 Å². The van der Waals surface area contributed by atoms with Crippen LogP contribution in [0.5, 0.6) is 0 Å². The van der Waals surface area contributed by atoms with Crippen LogP contribution >= 0.6 is 0 Å². The molecule has 2 N–H and O–H groups in total. The van der Waals surface area contributed by atoms with Crippen LogP contribution in [0.2, 0.25) is 0 Å². The predicted molar refractivity (Wildman–Crippen MR) is 77.8 cm³/mol. The molecule has 1 aromatic rings. The van der Waals surface area contributed by atoms with Crippen LogP contribution < -0.4 is 5.73 Å². The lowest BCUT2D eigenvalue weighted by molar-refractivity contribution is -0.0509. The third-order valence-corrected chi connectivity index (χ3v) is 4.11. The largest absolute Gasteiger partial charge is 0.329 e. The highest BCUT2D eigenvalue weighted by Gasteiger charge is 2.36. The summed E-state index contributed by atoms with van der Waals surface area (Å²) in [6.07, 6.45) is 5.54. The Morgan fingerprint density at radius 1 is 1.10 bits per heavy atom. The van der Waals surface area contributed by atoms with Gasteiger partial charge < -0.3 is 5.73 Å². The van der Waals surface area contributed by atoms with Crippen LogP contribution in [0, 0.1) is 0 Å². The summed E-state index contributed by atoms with van der Waals surface area (Å²) in [7, 11) is 0. The van der Waals surface area contributed by atoms with Crippen molar-refractivity contribution in [1.82, 2.24) is 4.90 Å². The minimum atomic E-state index is -2.81. The number of nitrogens with zero attached hydrogens (tertiary/aromatic N) is 1. The Labute approximate surface area is 120 Å². The smallest absolute Gasteiger partial charge is 0.285 e. The minimum absolute atomic E-state index is 0.0952. The summed E-state index contributed by atoms with van der Waals surface area (Å²) in [5.41, 5.74) is 5.70. The molecule has 0 heterocycles. The Morgan fingerprint density at radius 3 is 2.35 bits per heavy atom. The molecule has 0 saturated heterocycles. The fourth-order valence-electron chi connectivity index (χ4n) is 3.03. The lowest BCUT2D eigenvalue weighted by Gasteiger charge is -2.36. The standard InChI is InChI=1S/C16H24F2N2/c17-16(18,14-7-3-1-4-8-14)13-20(12-11-19)15-9-5-2-6-10-15/h1,3-4,7-8,15H,2,5-6,9-13,19H2. The molecule has 0 bridgehead atoms. The number of hydrogen-bond acceptors (Lipinski definition) is 2. The van der Waals surface area contributed by atoms with Crippen molar-refractivity contribution in [2.75, 3.05) is 19.6 Å². The SMILES string of the molecule is NCCN(CC(F)(F)c1ccccc1)C1CCCCC1. The van der Waals surface area contributed by atoms with Gasteiger partial charge >= 0.3 is 0 Å². The highest BCUT2D eigenvalue weighted by molar-refractivity contribution is 5.20. The Bertz CT molecular complexity index is 389. The van der Waals surface area contributed by atoms with Crippen LogP contribution in [0.4, 0.5) is 8.78 Å². The van der Waals surface area contributed by atoms with Gasteiger partial charge in [0.1, 0.15) is 0 Å². The zero-order valence-electron chi connectivity index (χ0n) is 11.9. The summed E-state index contributed by atoms with van der Waals surface area (Å²) in [5.74, 6) is -2.81. The maximum absolute atomic E-state index is 14.4. The molecule has 112 valence electrons. The van der Waals surface area contributed by atoms with Crippen molar-refractivity contribution in [3.8, 4) is 0 Å². The van der Waals surface area contributed by atoms with Crippen LogP contribution in [0.15, 0.2) is 30.3 Å². The second-order valence-electron chi connectivity index (χ2n) is 5.62. The van der Waals surface area contributed by atoms with Gasteiger partial charge in [0.05, 0.1) is 6.54 Å². The molecule has 2 nitrogen and oxygen atoms in total. The van der Waals surface area contributed by atoms with Gasteiger partial charge in [-0.2, -0.15) is 8.78 Å². The van der Waals surface area contributed by atoms with Gasteiger partial charge in [-0.25, -0.2) is 0 Å². The predicted octanol–water partition coefficient (Wildman–Crippen LogP) is 3.37. The molecule has 0 atom stereocenters. The van der Waals surface area contributed by atoms with E-state index in [0.717, 1.165) is 25.7 Å². The van der Waals surface area contributed by atoms with Crippen LogP contribution in [0.1, 0.15) is 37.7 Å². The average Bonchev–Trinajstić information content (AvgIpc) is 2.48. The molecule has 20 heavy (non-hydrogen) atoms. The monoisotopic (exact) mass is 282 g/mol. The molecule has 2 rings (SSSR count). The number of hydrogen-bond donors (Lipinski definition) is 1. The number of nitrogens with two attached hydrogens (primary N) is 1. The minimum Gasteiger partial charge on any atom is -0.329 e. The summed E-state index contributed by atoms with van der Waals surface area (Å²) in [5, 5.41) is 0. The molecule has 0 amide bonds. The maximum atomic E-state index is 14.4. The molecule has 4 heteroatoms. The van der Waals surface area contributed by atoms with Gasteiger partial charge in [-0.1, -0.05) is 49.6 Å². The summed E-state index contributed by atoms with van der Waals surface area (Å²) in [6, 6.07) is 8.36. The van der Waals surface area contributed by atoms with Crippen LogP contribution in [0.3, 0.4) is 0 Å². The van der Waals surface area contributed by atoms with Gasteiger partial charge in [-0.05, 0) is 12.8 Å². The summed E-state index contributed by atoms with van der Waals surface area (Å²) in [4.78, 5) is 1.90. The molecule has 1 aromatic carbocycles. The van der Waals surface area contributed by atoms with E-state index in [1.165, 1.54) is 18.6 Å². The number of rotatable bonds is 6. The highest BCUT2D eigenvalue weighted by atomic mass is 19.3. The van der Waals surface area contributed by atoms with Crippen molar-refractivity contribution in [3.05, 3.63) is 35.9 Å². The fraction of sp³-hybridized carbons (Fsp3) is 0.625. The molecular weight excluding hydrogens is 258 g/mol. The van der Waals surface area contributed by atoms with Crippen molar-refractivity contribution in [1.29, 1.82) is 0 Å². The van der Waals surface area contributed by atoms with E-state index in [1.54, 1.807) is 18.2 Å². The van der Waals surface area contributed by atoms with E-state index in [-0.39, 0.29) is 18.2 Å². The Hall–Kier alpha value is -1.00. The van der Waals surface area contributed by atoms with Crippen molar-refractivity contribution in [3.63, 3.8) is 0 Å². The summed E-state index contributed by atoms with van der Waals surface area (Å²) >= 11 is 0. The Kier molecular flexibility index (Phi) is 5.49. The van der Waals surface area contributed by atoms with Crippen LogP contribution in [-0.2, 0) is 5.92 Å². The highest BCUT2D eigenvalue weighted by Crippen LogP contribution is 2.31. The third kappa shape index (κ3) is 4.00. The van der Waals surface area contributed by atoms with Gasteiger partial charge in [0.15, 0.2) is 0 Å². The molecule has 1 fully saturated rings. The first kappa shape index (κ1) is 15.4. The maximum Gasteiger partial charge on any atom is 0.285 e. The molecule has 0 unspecified atom stereocenters. The topological polar surface area (TPSA) is 29.3 Å². The second-order valence-corrected chi connectivity index (χ2v) is 5.62. The fourth-order valence-corrected chi connectivity index (χ4v) is 3.03. The van der Waals surface area contributed by atoms with Crippen LogP contribution in [0.25, 0.3) is 0 Å². The van der Waals surface area contributed by atoms with Crippen molar-refractivity contribution in [2.24, 2.45) is 5.73 Å². The lowest BCUT2D eigenvalue weighted by Crippen LogP contribution is -2.45. The summed E-state index contributed by atoms with van der Waals surface area (Å²) in [6.45, 7) is 0.757. The molecule has 0 radical (unpaired) electrons. The summed E-state index contributed by atoms with van der Waals surface area (Å²) < 4.78 is 28.8. The van der Waals surface area contributed by atoms with Gasteiger partial charge in [-0.3, -0.25) is 4.90 Å². The van der Waals surface area contributed by atoms with E-state index in [9.17, 15) is 8.78 Å². The van der Waals surface area contributed by atoms with Gasteiger partial charge in [0, 0.05) is 24.7 Å². The van der Waals surface area contributed by atoms with Gasteiger partial charge in [-0.15, -0.1) is 0 Å². The Balaban J connectivity index is 2.06. The van der Waals surface area contributed by atoms with Gasteiger partial charge in [0.2, 0.25) is 0 Å². The molecule has 1 saturated carbocycles. The first-order chi connectivity index (χ1) is 9.63. The quantitative estimate of drug-likeness (QED) is 0.866. The number of alkyl halides is 2. The first-order valence-corrected chi connectivity index (χ1v) is 7.51. The van der Waals surface area contributed by atoms with Crippen molar-refractivity contribution < 1.29 is 8.78 Å². The van der Waals surface area contributed by atoms with Crippen molar-refractivity contribution >= 4 is 0 Å². The van der Waals surface area contributed by atoms with E-state index in [1.807, 2.05) is 4.90 Å². The molecule has 0 aromatic heterocycles. The van der Waals surface area contributed by atoms with E-state index in [0.29, 0.717) is 13.1 Å². The third-order valence-electron chi connectivity index (χ3n) is 4.11.